The Morgan fingerprint density at radius 3 is 2.32 bits per heavy atom. The normalized spacial score (nSPS) is 18.7. The summed E-state index contributed by atoms with van der Waals surface area (Å²) in [5.41, 5.74) is 5.26. The van der Waals surface area contributed by atoms with Gasteiger partial charge in [-0.15, -0.1) is 0 Å². The van der Waals surface area contributed by atoms with Gasteiger partial charge in [-0.25, -0.2) is 9.97 Å². The first-order valence-corrected chi connectivity index (χ1v) is 14.9. The molecule has 2 aromatic carbocycles. The molecule has 0 bridgehead atoms. The molecule has 0 unspecified atom stereocenters. The van der Waals surface area contributed by atoms with Crippen LogP contribution in [0, 0.1) is 5.92 Å². The van der Waals surface area contributed by atoms with Crippen molar-refractivity contribution in [1.29, 1.82) is 0 Å². The Morgan fingerprint density at radius 2 is 1.54 bits per heavy atom. The summed E-state index contributed by atoms with van der Waals surface area (Å²) in [6, 6.07) is 12.2. The predicted molar refractivity (Wildman–Crippen MR) is 154 cm³/mol. The van der Waals surface area contributed by atoms with Crippen LogP contribution in [0.1, 0.15) is 125 Å². The van der Waals surface area contributed by atoms with E-state index in [1.807, 2.05) is 18.2 Å². The maximum atomic E-state index is 13.7. The summed E-state index contributed by atoms with van der Waals surface area (Å²) in [5, 5.41) is 4.52. The number of ketones is 1. The fraction of sp³-hybridized carbons (Fsp3) is 0.545. The summed E-state index contributed by atoms with van der Waals surface area (Å²) in [7, 11) is 0. The van der Waals surface area contributed by atoms with E-state index in [1.165, 1.54) is 77.0 Å². The van der Waals surface area contributed by atoms with Crippen molar-refractivity contribution >= 4 is 22.4 Å². The second-order valence-corrected chi connectivity index (χ2v) is 11.2. The minimum absolute atomic E-state index is 0.0897. The maximum Gasteiger partial charge on any atom is 0.196 e. The first kappa shape index (κ1) is 25.9. The molecule has 2 aliphatic rings. The topological polar surface area (TPSA) is 54.9 Å². The van der Waals surface area contributed by atoms with Crippen LogP contribution in [-0.2, 0) is 0 Å². The van der Waals surface area contributed by atoms with Gasteiger partial charge >= 0.3 is 0 Å². The lowest BCUT2D eigenvalue weighted by Crippen LogP contribution is -2.19. The monoisotopic (exact) mass is 497 g/mol. The third-order valence-corrected chi connectivity index (χ3v) is 8.56. The standard InChI is InChI=1S/C33H43N3O/c1-3-5-7-8-9-12-22-34-27-20-21-28-29-30(27)32(37)26-15-11-10-14-25(26)31(29)36-33(35-28)24-18-16-23(17-19-24)13-6-4-2/h10-11,14-15,20-21,23-24,34H,3-9,12-13,16-19,22H2,1-2H3. The molecule has 0 spiro atoms. The van der Waals surface area contributed by atoms with Gasteiger partial charge < -0.3 is 5.32 Å². The molecule has 196 valence electrons. The van der Waals surface area contributed by atoms with Crippen LogP contribution in [0.3, 0.4) is 0 Å². The SMILES string of the molecule is CCCCCCCCNc1ccc2nc(C3CCC(CCCC)CC3)nc3c2c1C(=O)c1ccccc1-3. The molecular weight excluding hydrogens is 454 g/mol. The van der Waals surface area contributed by atoms with Crippen LogP contribution in [0.2, 0.25) is 0 Å². The van der Waals surface area contributed by atoms with Crippen LogP contribution in [0.5, 0.6) is 0 Å². The number of anilines is 1. The van der Waals surface area contributed by atoms with Crippen LogP contribution >= 0.6 is 0 Å². The summed E-state index contributed by atoms with van der Waals surface area (Å²) in [6.07, 6.45) is 16.4. The number of carbonyl (C=O) groups excluding carboxylic acids is 1. The van der Waals surface area contributed by atoms with Gasteiger partial charge in [0.15, 0.2) is 5.78 Å². The molecule has 1 heterocycles. The summed E-state index contributed by atoms with van der Waals surface area (Å²) in [6.45, 7) is 5.42. The molecule has 1 N–H and O–H groups in total. The van der Waals surface area contributed by atoms with Gasteiger partial charge in [0.05, 0.1) is 16.8 Å². The van der Waals surface area contributed by atoms with E-state index in [1.54, 1.807) is 0 Å². The van der Waals surface area contributed by atoms with E-state index in [-0.39, 0.29) is 5.78 Å². The highest BCUT2D eigenvalue weighted by atomic mass is 16.1. The largest absolute Gasteiger partial charge is 0.384 e. The highest BCUT2D eigenvalue weighted by molar-refractivity contribution is 6.27. The molecule has 0 amide bonds. The van der Waals surface area contributed by atoms with Crippen molar-refractivity contribution in [2.75, 3.05) is 11.9 Å². The van der Waals surface area contributed by atoms with E-state index in [0.29, 0.717) is 5.92 Å². The Kier molecular flexibility index (Phi) is 8.53. The Hall–Kier alpha value is -2.75. The molecule has 3 aromatic rings. The third-order valence-electron chi connectivity index (χ3n) is 8.56. The van der Waals surface area contributed by atoms with Gasteiger partial charge in [-0.3, -0.25) is 4.79 Å². The van der Waals surface area contributed by atoms with E-state index in [2.05, 4.69) is 37.4 Å². The number of rotatable bonds is 12. The van der Waals surface area contributed by atoms with Crippen molar-refractivity contribution in [3.8, 4) is 11.3 Å². The first-order valence-electron chi connectivity index (χ1n) is 14.9. The number of aromatic nitrogens is 2. The summed E-state index contributed by atoms with van der Waals surface area (Å²) < 4.78 is 0. The smallest absolute Gasteiger partial charge is 0.196 e. The van der Waals surface area contributed by atoms with Gasteiger partial charge in [-0.2, -0.15) is 0 Å². The molecule has 0 saturated heterocycles. The molecule has 37 heavy (non-hydrogen) atoms. The average Bonchev–Trinajstić information content (AvgIpc) is 2.94. The molecule has 4 nitrogen and oxygen atoms in total. The van der Waals surface area contributed by atoms with Crippen molar-refractivity contribution in [3.05, 3.63) is 53.3 Å². The van der Waals surface area contributed by atoms with Crippen molar-refractivity contribution in [1.82, 2.24) is 9.97 Å². The second kappa shape index (κ2) is 12.2. The van der Waals surface area contributed by atoms with E-state index in [4.69, 9.17) is 9.97 Å². The quantitative estimate of drug-likeness (QED) is 0.198. The average molecular weight is 498 g/mol. The zero-order valence-corrected chi connectivity index (χ0v) is 22.8. The molecule has 1 aromatic heterocycles. The van der Waals surface area contributed by atoms with Gasteiger partial charge in [0.1, 0.15) is 5.82 Å². The molecule has 5 rings (SSSR count). The van der Waals surface area contributed by atoms with Crippen LogP contribution < -0.4 is 5.32 Å². The van der Waals surface area contributed by atoms with Crippen LogP contribution in [0.15, 0.2) is 36.4 Å². The Labute approximate surface area is 222 Å². The van der Waals surface area contributed by atoms with E-state index >= 15 is 0 Å². The number of benzene rings is 2. The number of hydrogen-bond donors (Lipinski definition) is 1. The van der Waals surface area contributed by atoms with Gasteiger partial charge in [0.25, 0.3) is 0 Å². The second-order valence-electron chi connectivity index (χ2n) is 11.2. The number of nitrogens with zero attached hydrogens (tertiary/aromatic N) is 2. The number of unbranched alkanes of at least 4 members (excludes halogenated alkanes) is 6. The molecule has 2 aliphatic carbocycles. The molecule has 4 heteroatoms. The van der Waals surface area contributed by atoms with Crippen LogP contribution in [0.25, 0.3) is 22.2 Å². The number of hydrogen-bond acceptors (Lipinski definition) is 4. The molecular formula is C33H43N3O. The van der Waals surface area contributed by atoms with Crippen LogP contribution in [0.4, 0.5) is 5.69 Å². The zero-order chi connectivity index (χ0) is 25.6. The van der Waals surface area contributed by atoms with Crippen molar-refractivity contribution < 1.29 is 4.79 Å². The molecule has 0 atom stereocenters. The van der Waals surface area contributed by atoms with Gasteiger partial charge in [-0.1, -0.05) is 89.5 Å². The third kappa shape index (κ3) is 5.58. The summed E-state index contributed by atoms with van der Waals surface area (Å²) >= 11 is 0. The summed E-state index contributed by atoms with van der Waals surface area (Å²) in [4.78, 5) is 24.0. The van der Waals surface area contributed by atoms with Crippen molar-refractivity contribution in [3.63, 3.8) is 0 Å². The minimum Gasteiger partial charge on any atom is -0.384 e. The van der Waals surface area contributed by atoms with Crippen molar-refractivity contribution in [2.24, 2.45) is 5.92 Å². The fourth-order valence-corrected chi connectivity index (χ4v) is 6.36. The Bertz CT molecular complexity index is 1230. The molecule has 0 radical (unpaired) electrons. The predicted octanol–water partition coefficient (Wildman–Crippen LogP) is 9.08. The molecule has 1 fully saturated rings. The highest BCUT2D eigenvalue weighted by Gasteiger charge is 2.31. The summed E-state index contributed by atoms with van der Waals surface area (Å²) in [5.74, 6) is 2.34. The Morgan fingerprint density at radius 1 is 0.811 bits per heavy atom. The number of carbonyl (C=O) groups is 1. The van der Waals surface area contributed by atoms with E-state index in [0.717, 1.165) is 63.7 Å². The molecule has 1 saturated carbocycles. The lowest BCUT2D eigenvalue weighted by Gasteiger charge is -2.29. The van der Waals surface area contributed by atoms with Gasteiger partial charge in [0, 0.05) is 34.7 Å². The lowest BCUT2D eigenvalue weighted by atomic mass is 9.79. The van der Waals surface area contributed by atoms with Gasteiger partial charge in [0.2, 0.25) is 0 Å². The lowest BCUT2D eigenvalue weighted by molar-refractivity contribution is 0.104. The number of nitrogens with one attached hydrogen (secondary N) is 1. The zero-order valence-electron chi connectivity index (χ0n) is 22.8. The van der Waals surface area contributed by atoms with Crippen molar-refractivity contribution in [2.45, 2.75) is 103 Å². The van der Waals surface area contributed by atoms with Gasteiger partial charge in [-0.05, 0) is 50.2 Å². The first-order chi connectivity index (χ1) is 18.2. The highest BCUT2D eigenvalue weighted by Crippen LogP contribution is 2.43. The van der Waals surface area contributed by atoms with E-state index in [9.17, 15) is 4.79 Å². The van der Waals surface area contributed by atoms with Crippen LogP contribution in [-0.4, -0.2) is 22.3 Å². The molecule has 0 aliphatic heterocycles. The maximum absolute atomic E-state index is 13.7. The van der Waals surface area contributed by atoms with E-state index < -0.39 is 0 Å². The fourth-order valence-electron chi connectivity index (χ4n) is 6.36. The Balaban J connectivity index is 1.43. The number of fused-ring (bicyclic) bond motifs is 2. The minimum atomic E-state index is 0.0897.